The van der Waals surface area contributed by atoms with E-state index in [0.29, 0.717) is 11.7 Å². The van der Waals surface area contributed by atoms with Gasteiger partial charge in [0.15, 0.2) is 0 Å². The molecule has 0 aromatic heterocycles. The maximum atomic E-state index is 11.3. The van der Waals surface area contributed by atoms with E-state index >= 15 is 0 Å². The highest BCUT2D eigenvalue weighted by Gasteiger charge is 2.23. The molecule has 0 aromatic carbocycles. The van der Waals surface area contributed by atoms with Gasteiger partial charge in [-0.25, -0.2) is 0 Å². The second kappa shape index (κ2) is 3.86. The van der Waals surface area contributed by atoms with Crippen LogP contribution < -0.4 is 4.90 Å². The lowest BCUT2D eigenvalue weighted by atomic mass is 9.88. The summed E-state index contributed by atoms with van der Waals surface area (Å²) in [6, 6.07) is 0. The Hall–Kier alpha value is -0.370. The second-order valence-electron chi connectivity index (χ2n) is 3.82. The number of carbonyl (C=O) groups is 1. The predicted molar refractivity (Wildman–Crippen MR) is 44.6 cm³/mol. The summed E-state index contributed by atoms with van der Waals surface area (Å²) in [4.78, 5) is 12.7. The molecule has 1 saturated carbocycles. The van der Waals surface area contributed by atoms with Crippen molar-refractivity contribution in [2.75, 3.05) is 20.6 Å². The Kier molecular flexibility index (Phi) is 3.06. The average Bonchev–Trinajstić information content (AvgIpc) is 1.93. The number of carbonyl (C=O) groups excluding carboxylic acids is 1. The van der Waals surface area contributed by atoms with E-state index in [2.05, 4.69) is 14.1 Å². The van der Waals surface area contributed by atoms with E-state index < -0.39 is 0 Å². The van der Waals surface area contributed by atoms with Gasteiger partial charge in [-0.3, -0.25) is 4.79 Å². The zero-order chi connectivity index (χ0) is 8.27. The van der Waals surface area contributed by atoms with E-state index in [1.54, 1.807) is 0 Å². The molecule has 1 aliphatic rings. The van der Waals surface area contributed by atoms with Gasteiger partial charge in [0.2, 0.25) is 0 Å². The summed E-state index contributed by atoms with van der Waals surface area (Å²) in [5, 5.41) is 0. The maximum absolute atomic E-state index is 11.3. The number of rotatable bonds is 2. The Morgan fingerprint density at radius 3 is 2.73 bits per heavy atom. The monoisotopic (exact) mass is 156 g/mol. The van der Waals surface area contributed by atoms with Crippen LogP contribution in [0.3, 0.4) is 0 Å². The van der Waals surface area contributed by atoms with Crippen LogP contribution in [0.2, 0.25) is 0 Å². The van der Waals surface area contributed by atoms with Gasteiger partial charge in [0.1, 0.15) is 5.78 Å². The third-order valence-corrected chi connectivity index (χ3v) is 2.34. The van der Waals surface area contributed by atoms with Gasteiger partial charge in [0, 0.05) is 6.42 Å². The fraction of sp³-hybridized carbons (Fsp3) is 0.889. The Bertz CT molecular complexity index is 142. The van der Waals surface area contributed by atoms with E-state index in [4.69, 9.17) is 0 Å². The van der Waals surface area contributed by atoms with Gasteiger partial charge in [0.05, 0.1) is 26.6 Å². The van der Waals surface area contributed by atoms with E-state index in [1.165, 1.54) is 11.3 Å². The van der Waals surface area contributed by atoms with E-state index in [1.807, 2.05) is 0 Å². The molecular weight excluding hydrogens is 138 g/mol. The summed E-state index contributed by atoms with van der Waals surface area (Å²) in [6.07, 6.45) is 4.34. The van der Waals surface area contributed by atoms with Crippen LogP contribution in [0.5, 0.6) is 0 Å². The number of nitrogens with one attached hydrogen (secondary N) is 1. The smallest absolute Gasteiger partial charge is 0.141 e. The highest BCUT2D eigenvalue weighted by Crippen LogP contribution is 2.18. The Balaban J connectivity index is 2.36. The topological polar surface area (TPSA) is 21.5 Å². The van der Waals surface area contributed by atoms with Crippen molar-refractivity contribution in [2.45, 2.75) is 25.7 Å². The first-order valence-corrected chi connectivity index (χ1v) is 4.52. The van der Waals surface area contributed by atoms with Gasteiger partial charge < -0.3 is 4.90 Å². The highest BCUT2D eigenvalue weighted by molar-refractivity contribution is 5.81. The fourth-order valence-electron chi connectivity index (χ4n) is 1.76. The Morgan fingerprint density at radius 2 is 2.18 bits per heavy atom. The third kappa shape index (κ3) is 2.62. The lowest BCUT2D eigenvalue weighted by Gasteiger charge is -2.21. The van der Waals surface area contributed by atoms with Gasteiger partial charge in [-0.05, 0) is 12.8 Å². The molecule has 1 aliphatic carbocycles. The molecule has 0 aromatic rings. The summed E-state index contributed by atoms with van der Waals surface area (Å²) in [6.45, 7) is 1.03. The van der Waals surface area contributed by atoms with Crippen LogP contribution in [-0.4, -0.2) is 26.4 Å². The average molecular weight is 156 g/mol. The molecule has 64 valence electrons. The highest BCUT2D eigenvalue weighted by atomic mass is 16.1. The standard InChI is InChI=1S/C9H17NO/c1-10(2)7-8-5-3-4-6-9(8)11/h8H,3-7H2,1-2H3/p+1. The molecule has 1 atom stereocenters. The summed E-state index contributed by atoms with van der Waals surface area (Å²) in [5.74, 6) is 0.867. The number of quaternary nitrogens is 1. The molecule has 1 rings (SSSR count). The maximum Gasteiger partial charge on any atom is 0.141 e. The lowest BCUT2D eigenvalue weighted by Crippen LogP contribution is -3.06. The normalized spacial score (nSPS) is 26.1. The van der Waals surface area contributed by atoms with Crippen LogP contribution in [0, 0.1) is 5.92 Å². The zero-order valence-electron chi connectivity index (χ0n) is 7.52. The molecule has 1 unspecified atom stereocenters. The van der Waals surface area contributed by atoms with Crippen molar-refractivity contribution < 1.29 is 9.69 Å². The minimum atomic E-state index is 0.369. The number of hydrogen-bond acceptors (Lipinski definition) is 1. The Labute approximate surface area is 68.6 Å². The Morgan fingerprint density at radius 1 is 1.45 bits per heavy atom. The summed E-state index contributed by atoms with van der Waals surface area (Å²) < 4.78 is 0. The lowest BCUT2D eigenvalue weighted by molar-refractivity contribution is -0.860. The summed E-state index contributed by atoms with van der Waals surface area (Å²) >= 11 is 0. The molecule has 0 aliphatic heterocycles. The van der Waals surface area contributed by atoms with E-state index in [0.717, 1.165) is 25.8 Å². The van der Waals surface area contributed by atoms with Crippen molar-refractivity contribution >= 4 is 5.78 Å². The first-order chi connectivity index (χ1) is 5.20. The molecule has 1 fully saturated rings. The van der Waals surface area contributed by atoms with Crippen LogP contribution in [0.25, 0.3) is 0 Å². The van der Waals surface area contributed by atoms with Crippen LogP contribution in [0.1, 0.15) is 25.7 Å². The van der Waals surface area contributed by atoms with Crippen molar-refractivity contribution in [2.24, 2.45) is 5.92 Å². The van der Waals surface area contributed by atoms with E-state index in [9.17, 15) is 4.79 Å². The molecule has 0 bridgehead atoms. The molecule has 11 heavy (non-hydrogen) atoms. The minimum absolute atomic E-state index is 0.369. The third-order valence-electron chi connectivity index (χ3n) is 2.34. The van der Waals surface area contributed by atoms with Crippen molar-refractivity contribution in [1.82, 2.24) is 0 Å². The molecular formula is C9H18NO+. The van der Waals surface area contributed by atoms with Crippen molar-refractivity contribution in [3.63, 3.8) is 0 Å². The van der Waals surface area contributed by atoms with Crippen molar-refractivity contribution in [3.05, 3.63) is 0 Å². The van der Waals surface area contributed by atoms with Crippen LogP contribution in [0.4, 0.5) is 0 Å². The van der Waals surface area contributed by atoms with Gasteiger partial charge in [-0.15, -0.1) is 0 Å². The SMILES string of the molecule is C[NH+](C)CC1CCCCC1=O. The van der Waals surface area contributed by atoms with Crippen LogP contribution in [-0.2, 0) is 4.79 Å². The van der Waals surface area contributed by atoms with Crippen molar-refractivity contribution in [1.29, 1.82) is 0 Å². The minimum Gasteiger partial charge on any atom is -0.339 e. The fourth-order valence-corrected chi connectivity index (χ4v) is 1.76. The number of hydrogen-bond donors (Lipinski definition) is 1. The molecule has 2 heteroatoms. The molecule has 2 nitrogen and oxygen atoms in total. The number of ketones is 1. The number of Topliss-reactive ketones (excluding diaryl/α,β-unsaturated/α-hetero) is 1. The van der Waals surface area contributed by atoms with Crippen LogP contribution in [0.15, 0.2) is 0 Å². The summed E-state index contributed by atoms with van der Waals surface area (Å²) in [7, 11) is 4.23. The van der Waals surface area contributed by atoms with Gasteiger partial charge in [0.25, 0.3) is 0 Å². The van der Waals surface area contributed by atoms with Gasteiger partial charge in [-0.1, -0.05) is 6.42 Å². The summed E-state index contributed by atoms with van der Waals surface area (Å²) in [5.41, 5.74) is 0. The first kappa shape index (κ1) is 8.72. The molecule has 1 N–H and O–H groups in total. The quantitative estimate of drug-likeness (QED) is 0.592. The predicted octanol–water partition coefficient (Wildman–Crippen LogP) is -0.110. The van der Waals surface area contributed by atoms with Crippen molar-refractivity contribution in [3.8, 4) is 0 Å². The van der Waals surface area contributed by atoms with E-state index in [-0.39, 0.29) is 0 Å². The van der Waals surface area contributed by atoms with Crippen LogP contribution >= 0.6 is 0 Å². The molecule has 0 radical (unpaired) electrons. The molecule has 0 heterocycles. The molecule has 0 amide bonds. The zero-order valence-corrected chi connectivity index (χ0v) is 7.52. The first-order valence-electron chi connectivity index (χ1n) is 4.52. The van der Waals surface area contributed by atoms with Gasteiger partial charge in [-0.2, -0.15) is 0 Å². The second-order valence-corrected chi connectivity index (χ2v) is 3.82. The molecule has 0 spiro atoms. The van der Waals surface area contributed by atoms with Gasteiger partial charge >= 0.3 is 0 Å². The largest absolute Gasteiger partial charge is 0.339 e. The molecule has 0 saturated heterocycles.